The summed E-state index contributed by atoms with van der Waals surface area (Å²) >= 11 is 0. The summed E-state index contributed by atoms with van der Waals surface area (Å²) < 4.78 is 24.1. The minimum Gasteiger partial charge on any atom is -0.384 e. The number of hydrogen-bond donors (Lipinski definition) is 4. The molecule has 0 saturated carbocycles. The topological polar surface area (TPSA) is 158 Å². The van der Waals surface area contributed by atoms with Crippen LogP contribution in [0.25, 0.3) is 0 Å². The molecule has 0 aliphatic rings. The molecular weight excluding hydrogens is 254 g/mol. The fraction of sp³-hybridized carbons (Fsp3) is 0.500. The van der Waals surface area contributed by atoms with Gasteiger partial charge in [0.25, 0.3) is 0 Å². The van der Waals surface area contributed by atoms with E-state index in [2.05, 4.69) is 4.74 Å². The Morgan fingerprint density at radius 2 is 1.53 bits per heavy atom. The molecule has 0 aliphatic heterocycles. The van der Waals surface area contributed by atoms with E-state index in [9.17, 15) is 18.7 Å². The van der Waals surface area contributed by atoms with Crippen LogP contribution in [0.5, 0.6) is 0 Å². The molecule has 0 aromatic carbocycles. The van der Waals surface area contributed by atoms with Crippen LogP contribution in [-0.2, 0) is 18.7 Å². The van der Waals surface area contributed by atoms with Crippen LogP contribution in [0.3, 0.4) is 0 Å². The predicted octanol–water partition coefficient (Wildman–Crippen LogP) is -0.605. The fourth-order valence-electron chi connectivity index (χ4n) is 0.445. The van der Waals surface area contributed by atoms with Gasteiger partial charge in [-0.1, -0.05) is 0 Å². The van der Waals surface area contributed by atoms with Gasteiger partial charge < -0.3 is 24.3 Å². The number of carbonyl (C=O) groups is 2. The summed E-state index contributed by atoms with van der Waals surface area (Å²) in [6, 6.07) is 0. The van der Waals surface area contributed by atoms with Gasteiger partial charge in [-0.25, -0.2) is 9.36 Å². The lowest BCUT2D eigenvalue weighted by Gasteiger charge is -2.04. The molecule has 0 aromatic rings. The summed E-state index contributed by atoms with van der Waals surface area (Å²) in [4.78, 5) is 54.1. The Balaban J connectivity index is 4.13. The Kier molecular flexibility index (Phi) is 4.79. The minimum atomic E-state index is -5.15. The average Bonchev–Trinajstić information content (AvgIpc) is 1.97. The third-order valence-corrected chi connectivity index (χ3v) is 2.42. The van der Waals surface area contributed by atoms with Crippen molar-refractivity contribution in [3.05, 3.63) is 0 Å². The maximum Gasteiger partial charge on any atom is 0.433 e. The van der Waals surface area contributed by atoms with Gasteiger partial charge >= 0.3 is 26.9 Å². The zero-order chi connectivity index (χ0) is 12.3. The Hall–Kier alpha value is -0.560. The summed E-state index contributed by atoms with van der Waals surface area (Å²) in [5, 5.41) is 0. The molecule has 0 saturated heterocycles. The van der Waals surface area contributed by atoms with Gasteiger partial charge in [-0.2, -0.15) is 0 Å². The van der Waals surface area contributed by atoms with Crippen molar-refractivity contribution in [3.8, 4) is 0 Å². The quantitative estimate of drug-likeness (QED) is 0.294. The highest BCUT2D eigenvalue weighted by Gasteiger charge is 2.30. The third kappa shape index (κ3) is 7.38. The Labute approximate surface area is 83.4 Å². The second-order valence-corrected chi connectivity index (χ2v) is 5.65. The molecule has 0 heterocycles. The average molecular weight is 262 g/mol. The van der Waals surface area contributed by atoms with E-state index in [0.29, 0.717) is 0 Å². The van der Waals surface area contributed by atoms with E-state index in [1.165, 1.54) is 0 Å². The summed E-state index contributed by atoms with van der Waals surface area (Å²) in [6.07, 6.45) is -1.67. The van der Waals surface area contributed by atoms with E-state index in [1.54, 1.807) is 0 Å². The van der Waals surface area contributed by atoms with Crippen LogP contribution < -0.4 is 0 Å². The first-order valence-corrected chi connectivity index (χ1v) is 6.78. The molecule has 4 N–H and O–H groups in total. The lowest BCUT2D eigenvalue weighted by Crippen LogP contribution is -2.12. The van der Waals surface area contributed by atoms with Crippen LogP contribution in [0.4, 0.5) is 4.79 Å². The minimum absolute atomic E-state index is 0.810. The molecule has 88 valence electrons. The van der Waals surface area contributed by atoms with Crippen LogP contribution in [0.1, 0.15) is 6.42 Å². The summed E-state index contributed by atoms with van der Waals surface area (Å²) in [5.74, 6) is -1.41. The highest BCUT2D eigenvalue weighted by Crippen LogP contribution is 2.38. The molecule has 0 aliphatic carbocycles. The first-order valence-electron chi connectivity index (χ1n) is 3.38. The van der Waals surface area contributed by atoms with Crippen molar-refractivity contribution in [3.63, 3.8) is 0 Å². The van der Waals surface area contributed by atoms with Gasteiger partial charge in [-0.15, -0.1) is 0 Å². The lowest BCUT2D eigenvalue weighted by atomic mass is 10.5. The smallest absolute Gasteiger partial charge is 0.384 e. The van der Waals surface area contributed by atoms with Crippen molar-refractivity contribution in [2.24, 2.45) is 0 Å². The van der Waals surface area contributed by atoms with Crippen molar-refractivity contribution in [1.82, 2.24) is 0 Å². The van der Waals surface area contributed by atoms with Crippen LogP contribution >= 0.6 is 15.2 Å². The highest BCUT2D eigenvalue weighted by molar-refractivity contribution is 7.69. The number of rotatable bonds is 4. The molecule has 0 atom stereocenters. The van der Waals surface area contributed by atoms with Crippen molar-refractivity contribution in [1.29, 1.82) is 0 Å². The number of carbonyl (C=O) groups excluding carboxylic acids is 2. The van der Waals surface area contributed by atoms with Gasteiger partial charge in [-0.3, -0.25) is 9.36 Å². The number of ether oxygens (including phenoxy) is 1. The molecule has 0 spiro atoms. The summed E-state index contributed by atoms with van der Waals surface area (Å²) in [5.41, 5.74) is -2.04. The molecule has 9 nitrogen and oxygen atoms in total. The fourth-order valence-corrected chi connectivity index (χ4v) is 1.14. The van der Waals surface area contributed by atoms with Gasteiger partial charge in [0.05, 0.1) is 12.6 Å². The van der Waals surface area contributed by atoms with E-state index < -0.39 is 39.5 Å². The standard InChI is InChI=1S/C4H8O9P2/c5-3(1-2-14(7,8)9)13-4(6)15(10,11)12/h1-2H2,(H2,7,8,9)(H2,10,11,12). The van der Waals surface area contributed by atoms with Crippen molar-refractivity contribution < 1.29 is 43.0 Å². The monoisotopic (exact) mass is 262 g/mol. The highest BCUT2D eigenvalue weighted by atomic mass is 31.2. The third-order valence-electron chi connectivity index (χ3n) is 1.05. The molecule has 0 bridgehead atoms. The second-order valence-electron chi connectivity index (χ2n) is 2.42. The van der Waals surface area contributed by atoms with Gasteiger partial charge in [0.2, 0.25) is 0 Å². The first-order chi connectivity index (χ1) is 6.52. The summed E-state index contributed by atoms with van der Waals surface area (Å²) in [7, 11) is -9.56. The van der Waals surface area contributed by atoms with Gasteiger partial charge in [0.15, 0.2) is 0 Å². The molecule has 0 unspecified atom stereocenters. The molecule has 0 aromatic heterocycles. The molecule has 0 radical (unpaired) electrons. The Morgan fingerprint density at radius 1 is 1.07 bits per heavy atom. The van der Waals surface area contributed by atoms with Crippen molar-refractivity contribution >= 4 is 26.9 Å². The molecule has 11 heteroatoms. The molecule has 0 amide bonds. The summed E-state index contributed by atoms with van der Waals surface area (Å²) in [6.45, 7) is 0. The Bertz CT molecular complexity index is 347. The normalized spacial score (nSPS) is 12.3. The number of hydrogen-bond acceptors (Lipinski definition) is 5. The van der Waals surface area contributed by atoms with E-state index in [1.807, 2.05) is 0 Å². The van der Waals surface area contributed by atoms with Crippen LogP contribution in [0.15, 0.2) is 0 Å². The maximum atomic E-state index is 10.6. The van der Waals surface area contributed by atoms with E-state index >= 15 is 0 Å². The van der Waals surface area contributed by atoms with E-state index in [4.69, 9.17) is 19.6 Å². The predicted molar refractivity (Wildman–Crippen MR) is 45.1 cm³/mol. The van der Waals surface area contributed by atoms with Gasteiger partial charge in [0.1, 0.15) is 0 Å². The Morgan fingerprint density at radius 3 is 1.87 bits per heavy atom. The van der Waals surface area contributed by atoms with Gasteiger partial charge in [-0.05, 0) is 0 Å². The zero-order valence-corrected chi connectivity index (χ0v) is 8.93. The van der Waals surface area contributed by atoms with Gasteiger partial charge in [0, 0.05) is 0 Å². The largest absolute Gasteiger partial charge is 0.433 e. The second kappa shape index (κ2) is 4.98. The first kappa shape index (κ1) is 14.4. The molecule has 15 heavy (non-hydrogen) atoms. The maximum absolute atomic E-state index is 10.6. The van der Waals surface area contributed by atoms with E-state index in [-0.39, 0.29) is 0 Å². The SMILES string of the molecule is O=C(CCP(=O)(O)O)OC(=O)P(=O)(O)O. The molecule has 0 rings (SSSR count). The number of esters is 1. The zero-order valence-electron chi connectivity index (χ0n) is 7.14. The van der Waals surface area contributed by atoms with Crippen LogP contribution in [0.2, 0.25) is 0 Å². The lowest BCUT2D eigenvalue weighted by molar-refractivity contribution is -0.136. The molecular formula is C4H8O9P2. The van der Waals surface area contributed by atoms with E-state index in [0.717, 1.165) is 0 Å². The molecule has 0 fully saturated rings. The van der Waals surface area contributed by atoms with Crippen LogP contribution in [-0.4, -0.2) is 37.4 Å². The van der Waals surface area contributed by atoms with Crippen LogP contribution in [0, 0.1) is 0 Å². The van der Waals surface area contributed by atoms with Crippen molar-refractivity contribution in [2.45, 2.75) is 6.42 Å². The van der Waals surface area contributed by atoms with Crippen molar-refractivity contribution in [2.75, 3.05) is 6.16 Å².